The normalized spacial score (nSPS) is 13.1. The summed E-state index contributed by atoms with van der Waals surface area (Å²) in [5.41, 5.74) is 1.23. The standard InChI is InChI=1S/C23H24N4O4.3ClH/c1-26-9-11-27(12-10-26)21-14-19(23(29)30)18-13-16(7-8-20(18)25-21)24-22(28)15-31-17-5-3-2-4-6-17;;;/h2-8,13-14H,9-12,15H2,1H3,(H,24,28)(H,29,30);3*1H. The molecule has 2 aromatic carbocycles. The monoisotopic (exact) mass is 528 g/mol. The van der Waals surface area contributed by atoms with Gasteiger partial charge in [-0.3, -0.25) is 4.79 Å². The van der Waals surface area contributed by atoms with Gasteiger partial charge in [-0.1, -0.05) is 18.2 Å². The van der Waals surface area contributed by atoms with E-state index in [9.17, 15) is 14.7 Å². The highest BCUT2D eigenvalue weighted by Crippen LogP contribution is 2.26. The maximum Gasteiger partial charge on any atom is 0.336 e. The third-order valence-corrected chi connectivity index (χ3v) is 5.25. The van der Waals surface area contributed by atoms with Gasteiger partial charge < -0.3 is 25.0 Å². The molecule has 8 nitrogen and oxygen atoms in total. The molecule has 2 N–H and O–H groups in total. The highest BCUT2D eigenvalue weighted by atomic mass is 35.5. The molecule has 0 aliphatic carbocycles. The largest absolute Gasteiger partial charge is 0.484 e. The second-order valence-corrected chi connectivity index (χ2v) is 7.51. The van der Waals surface area contributed by atoms with Crippen molar-refractivity contribution in [2.75, 3.05) is 50.1 Å². The van der Waals surface area contributed by atoms with Gasteiger partial charge in [-0.15, -0.1) is 37.2 Å². The molecule has 1 aliphatic rings. The first kappa shape index (κ1) is 29.3. The number of carboxylic acid groups (broad SMARTS) is 1. The maximum atomic E-state index is 12.2. The van der Waals surface area contributed by atoms with Gasteiger partial charge >= 0.3 is 5.97 Å². The van der Waals surface area contributed by atoms with E-state index in [0.29, 0.717) is 28.2 Å². The lowest BCUT2D eigenvalue weighted by molar-refractivity contribution is -0.118. The molecule has 0 saturated carbocycles. The van der Waals surface area contributed by atoms with Crippen LogP contribution >= 0.6 is 37.2 Å². The molecular formula is C23H27Cl3N4O4. The van der Waals surface area contributed by atoms with Crippen LogP contribution in [0.3, 0.4) is 0 Å². The number of anilines is 2. The van der Waals surface area contributed by atoms with Crippen LogP contribution in [0.2, 0.25) is 0 Å². The number of nitrogens with one attached hydrogen (secondary N) is 1. The van der Waals surface area contributed by atoms with E-state index in [0.717, 1.165) is 26.2 Å². The zero-order valence-electron chi connectivity index (χ0n) is 18.5. The number of benzene rings is 2. The predicted molar refractivity (Wildman–Crippen MR) is 141 cm³/mol. The van der Waals surface area contributed by atoms with Gasteiger partial charge in [0.05, 0.1) is 11.1 Å². The lowest BCUT2D eigenvalue weighted by atomic mass is 10.1. The van der Waals surface area contributed by atoms with Crippen molar-refractivity contribution in [3.05, 3.63) is 60.2 Å². The minimum Gasteiger partial charge on any atom is -0.484 e. The molecule has 1 aromatic heterocycles. The van der Waals surface area contributed by atoms with Crippen LogP contribution in [0.25, 0.3) is 10.9 Å². The number of nitrogens with zero attached hydrogens (tertiary/aromatic N) is 3. The Morgan fingerprint density at radius 1 is 1.00 bits per heavy atom. The smallest absolute Gasteiger partial charge is 0.336 e. The summed E-state index contributed by atoms with van der Waals surface area (Å²) in [6.45, 7) is 3.25. The summed E-state index contributed by atoms with van der Waals surface area (Å²) >= 11 is 0. The Morgan fingerprint density at radius 2 is 1.68 bits per heavy atom. The van der Waals surface area contributed by atoms with E-state index < -0.39 is 5.97 Å². The summed E-state index contributed by atoms with van der Waals surface area (Å²) in [5, 5.41) is 13.0. The summed E-state index contributed by atoms with van der Waals surface area (Å²) in [4.78, 5) is 33.2. The van der Waals surface area contributed by atoms with Gasteiger partial charge in [-0.05, 0) is 43.4 Å². The Kier molecular flexibility index (Phi) is 11.4. The number of amides is 1. The van der Waals surface area contributed by atoms with Gasteiger partial charge in [0.25, 0.3) is 5.91 Å². The lowest BCUT2D eigenvalue weighted by Crippen LogP contribution is -2.44. The fourth-order valence-corrected chi connectivity index (χ4v) is 3.53. The summed E-state index contributed by atoms with van der Waals surface area (Å²) in [6, 6.07) is 15.8. The molecule has 0 atom stereocenters. The van der Waals surface area contributed by atoms with Crippen molar-refractivity contribution < 1.29 is 19.4 Å². The van der Waals surface area contributed by atoms with E-state index in [1.807, 2.05) is 18.2 Å². The number of piperazine rings is 1. The molecule has 34 heavy (non-hydrogen) atoms. The van der Waals surface area contributed by atoms with E-state index in [2.05, 4.69) is 27.1 Å². The van der Waals surface area contributed by atoms with Gasteiger partial charge in [0.15, 0.2) is 6.61 Å². The number of aromatic nitrogens is 1. The molecule has 4 rings (SSSR count). The number of carbonyl (C=O) groups is 2. The minimum atomic E-state index is -1.03. The number of hydrogen-bond acceptors (Lipinski definition) is 6. The van der Waals surface area contributed by atoms with Gasteiger partial charge in [0, 0.05) is 37.3 Å². The van der Waals surface area contributed by atoms with E-state index >= 15 is 0 Å². The number of rotatable bonds is 6. The van der Waals surface area contributed by atoms with Gasteiger partial charge in [0.1, 0.15) is 11.6 Å². The number of carboxylic acids is 1. The zero-order chi connectivity index (χ0) is 21.8. The molecule has 1 aliphatic heterocycles. The molecular weight excluding hydrogens is 503 g/mol. The van der Waals surface area contributed by atoms with Crippen molar-refractivity contribution in [2.24, 2.45) is 0 Å². The molecule has 1 fully saturated rings. The molecule has 184 valence electrons. The van der Waals surface area contributed by atoms with Crippen LogP contribution in [0.1, 0.15) is 10.4 Å². The number of para-hydroxylation sites is 1. The van der Waals surface area contributed by atoms with E-state index in [1.165, 1.54) is 0 Å². The van der Waals surface area contributed by atoms with Crippen LogP contribution in [-0.2, 0) is 4.79 Å². The Bertz CT molecular complexity index is 1110. The number of fused-ring (bicyclic) bond motifs is 1. The third kappa shape index (κ3) is 7.11. The molecule has 1 saturated heterocycles. The number of carbonyl (C=O) groups excluding carboxylic acids is 1. The van der Waals surface area contributed by atoms with E-state index in [4.69, 9.17) is 4.74 Å². The number of halogens is 3. The highest BCUT2D eigenvalue weighted by molar-refractivity contribution is 6.05. The molecule has 11 heteroatoms. The van der Waals surface area contributed by atoms with Crippen LogP contribution in [0.15, 0.2) is 54.6 Å². The maximum absolute atomic E-state index is 12.2. The van der Waals surface area contributed by atoms with E-state index in [-0.39, 0.29) is 55.3 Å². The predicted octanol–water partition coefficient (Wildman–Crippen LogP) is 3.97. The van der Waals surface area contributed by atoms with Gasteiger partial charge in [-0.2, -0.15) is 0 Å². The SMILES string of the molecule is CN1CCN(c2cc(C(=O)O)c3cc(NC(=O)COc4ccccc4)ccc3n2)CC1.Cl.Cl.Cl. The Labute approximate surface area is 216 Å². The van der Waals surface area contributed by atoms with Crippen molar-refractivity contribution in [1.29, 1.82) is 0 Å². The van der Waals surface area contributed by atoms with Crippen LogP contribution in [-0.4, -0.2) is 66.7 Å². The number of hydrogen-bond donors (Lipinski definition) is 2. The number of likely N-dealkylation sites (N-methyl/N-ethyl adjacent to an activating group) is 1. The average Bonchev–Trinajstić information content (AvgIpc) is 2.78. The zero-order valence-corrected chi connectivity index (χ0v) is 20.9. The topological polar surface area (TPSA) is 95.0 Å². The quantitative estimate of drug-likeness (QED) is 0.499. The van der Waals surface area contributed by atoms with Crippen LogP contribution in [0.5, 0.6) is 5.75 Å². The Hall–Kier alpha value is -2.78. The molecule has 0 bridgehead atoms. The van der Waals surface area contributed by atoms with Crippen molar-refractivity contribution >= 4 is 71.5 Å². The number of ether oxygens (including phenoxy) is 1. The molecule has 3 aromatic rings. The van der Waals surface area contributed by atoms with Gasteiger partial charge in [-0.25, -0.2) is 9.78 Å². The average molecular weight is 530 g/mol. The molecule has 0 spiro atoms. The van der Waals surface area contributed by atoms with Crippen LogP contribution in [0, 0.1) is 0 Å². The summed E-state index contributed by atoms with van der Waals surface area (Å²) in [5.74, 6) is -0.100. The fraction of sp³-hybridized carbons (Fsp3) is 0.261. The van der Waals surface area contributed by atoms with Crippen molar-refractivity contribution in [1.82, 2.24) is 9.88 Å². The first-order valence-corrected chi connectivity index (χ1v) is 10.1. The summed E-state index contributed by atoms with van der Waals surface area (Å²) in [6.07, 6.45) is 0. The Balaban J connectivity index is 0.00000193. The van der Waals surface area contributed by atoms with Crippen molar-refractivity contribution in [3.8, 4) is 5.75 Å². The molecule has 0 radical (unpaired) electrons. The lowest BCUT2D eigenvalue weighted by Gasteiger charge is -2.33. The van der Waals surface area contributed by atoms with Gasteiger partial charge in [0.2, 0.25) is 0 Å². The highest BCUT2D eigenvalue weighted by Gasteiger charge is 2.19. The second-order valence-electron chi connectivity index (χ2n) is 7.51. The van der Waals surface area contributed by atoms with Crippen molar-refractivity contribution in [3.63, 3.8) is 0 Å². The fourth-order valence-electron chi connectivity index (χ4n) is 3.53. The molecule has 2 heterocycles. The minimum absolute atomic E-state index is 0. The first-order chi connectivity index (χ1) is 15.0. The number of aromatic carboxylic acids is 1. The number of pyridine rings is 1. The van der Waals surface area contributed by atoms with Crippen molar-refractivity contribution in [2.45, 2.75) is 0 Å². The van der Waals surface area contributed by atoms with Crippen LogP contribution in [0.4, 0.5) is 11.5 Å². The first-order valence-electron chi connectivity index (χ1n) is 10.1. The molecule has 0 unspecified atom stereocenters. The summed E-state index contributed by atoms with van der Waals surface area (Å²) in [7, 11) is 2.06. The third-order valence-electron chi connectivity index (χ3n) is 5.25. The Morgan fingerprint density at radius 3 is 2.32 bits per heavy atom. The second kappa shape index (κ2) is 13.2. The van der Waals surface area contributed by atoms with Crippen LogP contribution < -0.4 is 15.0 Å². The summed E-state index contributed by atoms with van der Waals surface area (Å²) < 4.78 is 5.45. The van der Waals surface area contributed by atoms with E-state index in [1.54, 1.807) is 36.4 Å². The molecule has 1 amide bonds.